The van der Waals surface area contributed by atoms with Crippen LogP contribution in [-0.2, 0) is 14.3 Å². The van der Waals surface area contributed by atoms with Gasteiger partial charge >= 0.3 is 5.97 Å². The molecule has 2 aromatic rings. The zero-order valence-corrected chi connectivity index (χ0v) is 22.4. The van der Waals surface area contributed by atoms with E-state index in [0.717, 1.165) is 23.2 Å². The average Bonchev–Trinajstić information content (AvgIpc) is 3.52. The fraction of sp³-hybridized carbons (Fsp3) is 0.500. The first kappa shape index (κ1) is 26.0. The summed E-state index contributed by atoms with van der Waals surface area (Å²) < 4.78 is 27.9. The first-order valence-corrected chi connectivity index (χ1v) is 12.7. The number of phenols is 1. The Kier molecular flexibility index (Phi) is 7.00. The third-order valence-corrected chi connectivity index (χ3v) is 7.90. The van der Waals surface area contributed by atoms with E-state index in [1.165, 1.54) is 14.2 Å². The fourth-order valence-electron chi connectivity index (χ4n) is 5.85. The Hall–Kier alpha value is -3.66. The van der Waals surface area contributed by atoms with E-state index < -0.39 is 11.8 Å². The standard InChI is InChI=1S/C28H34N2O8/c1-29(2)6-7-30(3)24(31)12-17-16-10-20-21(38-14-37-20)11-18(16)25(26-19(17)13-36-28(26)33)15-8-22(34-4)27(32)23(9-15)35-5/h8-11,17,19,25-26,32H,6-7,12-14H2,1-5H3/t17-,19?,25-,26+/m1/s1. The number of amides is 1. The molecule has 1 amide bonds. The van der Waals surface area contributed by atoms with Crippen LogP contribution in [0, 0.1) is 11.8 Å². The van der Waals surface area contributed by atoms with E-state index >= 15 is 0 Å². The molecule has 3 aliphatic rings. The summed E-state index contributed by atoms with van der Waals surface area (Å²) in [6.45, 7) is 1.68. The number of nitrogens with zero attached hydrogens (tertiary/aromatic N) is 2. The summed E-state index contributed by atoms with van der Waals surface area (Å²) in [7, 11) is 8.68. The minimum absolute atomic E-state index is 0.00462. The number of hydrogen-bond acceptors (Lipinski definition) is 9. The molecule has 0 spiro atoms. The predicted octanol–water partition coefficient (Wildman–Crippen LogP) is 2.57. The van der Waals surface area contributed by atoms with Crippen molar-refractivity contribution in [2.24, 2.45) is 11.8 Å². The highest BCUT2D eigenvalue weighted by molar-refractivity contribution is 5.81. The van der Waals surface area contributed by atoms with Gasteiger partial charge in [0.2, 0.25) is 18.4 Å². The van der Waals surface area contributed by atoms with Crippen LogP contribution in [0.25, 0.3) is 0 Å². The molecule has 38 heavy (non-hydrogen) atoms. The predicted molar refractivity (Wildman–Crippen MR) is 137 cm³/mol. The lowest BCUT2D eigenvalue weighted by Gasteiger charge is -2.39. The molecule has 0 aromatic heterocycles. The highest BCUT2D eigenvalue weighted by Gasteiger charge is 2.53. The zero-order chi connectivity index (χ0) is 27.1. The maximum atomic E-state index is 13.4. The number of rotatable bonds is 8. The largest absolute Gasteiger partial charge is 0.502 e. The Morgan fingerprint density at radius 2 is 1.61 bits per heavy atom. The van der Waals surface area contributed by atoms with Gasteiger partial charge in [-0.05, 0) is 61.0 Å². The minimum Gasteiger partial charge on any atom is -0.502 e. The number of likely N-dealkylation sites (N-methyl/N-ethyl adjacent to an activating group) is 2. The highest BCUT2D eigenvalue weighted by atomic mass is 16.7. The normalized spacial score (nSPS) is 23.1. The van der Waals surface area contributed by atoms with E-state index in [9.17, 15) is 14.7 Å². The quantitative estimate of drug-likeness (QED) is 0.520. The SMILES string of the molecule is COc1cc([C@@H]2c3cc4c(cc3[C@@H](CC(=O)N(C)CCN(C)C)C3COC(=O)[C@@H]32)OCO4)cc(OC)c1O. The first-order chi connectivity index (χ1) is 18.2. The van der Waals surface area contributed by atoms with Gasteiger partial charge in [-0.25, -0.2) is 0 Å². The molecule has 2 aromatic carbocycles. The van der Waals surface area contributed by atoms with Crippen LogP contribution in [0.4, 0.5) is 0 Å². The van der Waals surface area contributed by atoms with Crippen molar-refractivity contribution in [1.82, 2.24) is 9.80 Å². The topological polar surface area (TPSA) is 107 Å². The number of carbonyl (C=O) groups excluding carboxylic acids is 2. The van der Waals surface area contributed by atoms with Crippen LogP contribution in [0.1, 0.15) is 34.9 Å². The molecule has 1 fully saturated rings. The number of benzene rings is 2. The lowest BCUT2D eigenvalue weighted by molar-refractivity contribution is -0.141. The van der Waals surface area contributed by atoms with E-state index in [0.29, 0.717) is 18.0 Å². The van der Waals surface area contributed by atoms with Crippen molar-refractivity contribution < 1.29 is 38.4 Å². The van der Waals surface area contributed by atoms with E-state index in [1.54, 1.807) is 24.1 Å². The van der Waals surface area contributed by atoms with Gasteiger partial charge in [-0.1, -0.05) is 0 Å². The van der Waals surface area contributed by atoms with Crippen LogP contribution < -0.4 is 18.9 Å². The van der Waals surface area contributed by atoms with Crippen LogP contribution in [-0.4, -0.2) is 88.6 Å². The Bertz CT molecular complexity index is 1220. The molecule has 2 aliphatic heterocycles. The van der Waals surface area contributed by atoms with Gasteiger partial charge in [0.25, 0.3) is 0 Å². The van der Waals surface area contributed by atoms with Gasteiger partial charge in [0.05, 0.1) is 26.7 Å². The van der Waals surface area contributed by atoms with Crippen molar-refractivity contribution in [2.45, 2.75) is 18.3 Å². The molecule has 1 N–H and O–H groups in total. The number of esters is 1. The van der Waals surface area contributed by atoms with Crippen LogP contribution in [0.2, 0.25) is 0 Å². The molecule has 1 aliphatic carbocycles. The summed E-state index contributed by atoms with van der Waals surface area (Å²) >= 11 is 0. The number of aromatic hydroxyl groups is 1. The smallest absolute Gasteiger partial charge is 0.310 e. The molecule has 0 bridgehead atoms. The van der Waals surface area contributed by atoms with Gasteiger partial charge in [-0.15, -0.1) is 0 Å². The monoisotopic (exact) mass is 526 g/mol. The van der Waals surface area contributed by atoms with Gasteiger partial charge in [0.15, 0.2) is 23.0 Å². The van der Waals surface area contributed by atoms with Gasteiger partial charge in [0, 0.05) is 38.4 Å². The molecule has 10 heteroatoms. The summed E-state index contributed by atoms with van der Waals surface area (Å²) in [5.41, 5.74) is 2.52. The maximum Gasteiger partial charge on any atom is 0.310 e. The molecule has 5 rings (SSSR count). The van der Waals surface area contributed by atoms with Crippen LogP contribution in [0.5, 0.6) is 28.7 Å². The van der Waals surface area contributed by atoms with Crippen molar-refractivity contribution in [2.75, 3.05) is 61.9 Å². The molecule has 1 saturated heterocycles. The van der Waals surface area contributed by atoms with E-state index in [4.69, 9.17) is 23.7 Å². The number of cyclic esters (lactones) is 1. The van der Waals surface area contributed by atoms with Crippen molar-refractivity contribution >= 4 is 11.9 Å². The summed E-state index contributed by atoms with van der Waals surface area (Å²) in [6.07, 6.45) is 0.239. The van der Waals surface area contributed by atoms with Crippen molar-refractivity contribution in [3.05, 3.63) is 41.0 Å². The van der Waals surface area contributed by atoms with Gasteiger partial charge < -0.3 is 38.6 Å². The minimum atomic E-state index is -0.535. The highest BCUT2D eigenvalue weighted by Crippen LogP contribution is 2.57. The number of carbonyl (C=O) groups is 2. The molecule has 10 nitrogen and oxygen atoms in total. The summed E-state index contributed by atoms with van der Waals surface area (Å²) in [4.78, 5) is 30.4. The molecule has 0 saturated carbocycles. The van der Waals surface area contributed by atoms with Crippen LogP contribution in [0.3, 0.4) is 0 Å². The molecule has 4 atom stereocenters. The maximum absolute atomic E-state index is 13.4. The average molecular weight is 527 g/mol. The Labute approximate surface area is 222 Å². The van der Waals surface area contributed by atoms with Crippen molar-refractivity contribution in [3.63, 3.8) is 0 Å². The zero-order valence-electron chi connectivity index (χ0n) is 22.4. The van der Waals surface area contributed by atoms with E-state index in [2.05, 4.69) is 0 Å². The molecular weight excluding hydrogens is 492 g/mol. The second-order valence-corrected chi connectivity index (χ2v) is 10.3. The van der Waals surface area contributed by atoms with Gasteiger partial charge in [-0.2, -0.15) is 0 Å². The lowest BCUT2D eigenvalue weighted by Crippen LogP contribution is -2.39. The van der Waals surface area contributed by atoms with Crippen molar-refractivity contribution in [3.8, 4) is 28.7 Å². The molecule has 2 heterocycles. The summed E-state index contributed by atoms with van der Waals surface area (Å²) in [5.74, 6) is -0.177. The summed E-state index contributed by atoms with van der Waals surface area (Å²) in [6, 6.07) is 7.29. The lowest BCUT2D eigenvalue weighted by atomic mass is 9.62. The third kappa shape index (κ3) is 4.47. The Balaban J connectivity index is 1.62. The first-order valence-electron chi connectivity index (χ1n) is 12.7. The third-order valence-electron chi connectivity index (χ3n) is 7.90. The van der Waals surface area contributed by atoms with Crippen LogP contribution in [0.15, 0.2) is 24.3 Å². The summed E-state index contributed by atoms with van der Waals surface area (Å²) in [5, 5.41) is 10.5. The molecule has 204 valence electrons. The fourth-order valence-corrected chi connectivity index (χ4v) is 5.85. The number of hydrogen-bond donors (Lipinski definition) is 1. The Morgan fingerprint density at radius 1 is 0.974 bits per heavy atom. The van der Waals surface area contributed by atoms with Crippen molar-refractivity contribution in [1.29, 1.82) is 0 Å². The molecule has 0 radical (unpaired) electrons. The van der Waals surface area contributed by atoms with E-state index in [-0.39, 0.29) is 60.8 Å². The number of fused-ring (bicyclic) bond motifs is 3. The van der Waals surface area contributed by atoms with E-state index in [1.807, 2.05) is 31.1 Å². The van der Waals surface area contributed by atoms with Gasteiger partial charge in [0.1, 0.15) is 0 Å². The Morgan fingerprint density at radius 3 is 2.21 bits per heavy atom. The molecular formula is C28H34N2O8. The van der Waals surface area contributed by atoms with Gasteiger partial charge in [-0.3, -0.25) is 9.59 Å². The number of ether oxygens (including phenoxy) is 5. The number of phenolic OH excluding ortho intramolecular Hbond substituents is 1. The molecule has 1 unspecified atom stereocenters. The number of methoxy groups -OCH3 is 2. The second-order valence-electron chi connectivity index (χ2n) is 10.3. The van der Waals surface area contributed by atoms with Crippen LogP contribution >= 0.6 is 0 Å². The second kappa shape index (κ2) is 10.2.